The maximum absolute atomic E-state index is 12.4. The fraction of sp³-hybridized carbons (Fsp3) is 0.500. The largest absolute Gasteiger partial charge is 0.401 e. The van der Waals surface area contributed by atoms with E-state index < -0.39 is 12.7 Å². The van der Waals surface area contributed by atoms with Crippen LogP contribution in [-0.2, 0) is 6.54 Å². The highest BCUT2D eigenvalue weighted by atomic mass is 79.9. The minimum absolute atomic E-state index is 0.102. The molecule has 2 nitrogen and oxygen atoms in total. The Morgan fingerprint density at radius 2 is 1.78 bits per heavy atom. The van der Waals surface area contributed by atoms with Crippen LogP contribution < -0.4 is 0 Å². The summed E-state index contributed by atoms with van der Waals surface area (Å²) in [5, 5.41) is 8.70. The standard InChI is InChI=1S/C12H15BrF3NO/c13-11-4-2-10(3-5-11)8-17(6-1-7-18)9-12(14,15)16/h2-5,18H,1,6-9H2. The molecule has 0 aliphatic heterocycles. The third-order valence-corrected chi connectivity index (χ3v) is 2.88. The second-order valence-corrected chi connectivity index (χ2v) is 4.95. The molecule has 0 saturated heterocycles. The highest BCUT2D eigenvalue weighted by Gasteiger charge is 2.30. The van der Waals surface area contributed by atoms with Crippen molar-refractivity contribution >= 4 is 15.9 Å². The quantitative estimate of drug-likeness (QED) is 0.868. The van der Waals surface area contributed by atoms with Gasteiger partial charge in [0, 0.05) is 24.2 Å². The van der Waals surface area contributed by atoms with Crippen LogP contribution in [-0.4, -0.2) is 35.9 Å². The summed E-state index contributed by atoms with van der Waals surface area (Å²) in [5.74, 6) is 0. The summed E-state index contributed by atoms with van der Waals surface area (Å²) in [6.07, 6.45) is -3.88. The molecule has 1 N–H and O–H groups in total. The van der Waals surface area contributed by atoms with E-state index in [1.165, 1.54) is 4.90 Å². The third-order valence-electron chi connectivity index (χ3n) is 2.35. The van der Waals surface area contributed by atoms with Crippen LogP contribution >= 0.6 is 15.9 Å². The number of alkyl halides is 3. The maximum Gasteiger partial charge on any atom is 0.401 e. The Balaban J connectivity index is 2.62. The second-order valence-electron chi connectivity index (χ2n) is 4.03. The lowest BCUT2D eigenvalue weighted by Crippen LogP contribution is -2.34. The van der Waals surface area contributed by atoms with Gasteiger partial charge in [0.15, 0.2) is 0 Å². The van der Waals surface area contributed by atoms with Crippen LogP contribution in [0.3, 0.4) is 0 Å². The van der Waals surface area contributed by atoms with E-state index in [9.17, 15) is 13.2 Å². The highest BCUT2D eigenvalue weighted by molar-refractivity contribution is 9.10. The van der Waals surface area contributed by atoms with Crippen molar-refractivity contribution in [1.29, 1.82) is 0 Å². The second kappa shape index (κ2) is 7.11. The first-order chi connectivity index (χ1) is 8.40. The van der Waals surface area contributed by atoms with Crippen molar-refractivity contribution in [1.82, 2.24) is 4.90 Å². The van der Waals surface area contributed by atoms with Crippen LogP contribution in [0.4, 0.5) is 13.2 Å². The van der Waals surface area contributed by atoms with Crippen LogP contribution in [0.25, 0.3) is 0 Å². The summed E-state index contributed by atoms with van der Waals surface area (Å²) in [6.45, 7) is -0.601. The van der Waals surface area contributed by atoms with E-state index in [0.717, 1.165) is 10.0 Å². The molecule has 102 valence electrons. The molecule has 1 aromatic carbocycles. The number of hydrogen-bond acceptors (Lipinski definition) is 2. The fourth-order valence-corrected chi connectivity index (χ4v) is 1.87. The van der Waals surface area contributed by atoms with Gasteiger partial charge in [-0.25, -0.2) is 0 Å². The van der Waals surface area contributed by atoms with Crippen molar-refractivity contribution in [2.24, 2.45) is 0 Å². The van der Waals surface area contributed by atoms with E-state index in [1.807, 2.05) is 0 Å². The van der Waals surface area contributed by atoms with E-state index in [2.05, 4.69) is 15.9 Å². The lowest BCUT2D eigenvalue weighted by molar-refractivity contribution is -0.147. The molecule has 0 bridgehead atoms. The number of halogens is 4. The number of aliphatic hydroxyl groups is 1. The number of nitrogens with zero attached hydrogens (tertiary/aromatic N) is 1. The SMILES string of the molecule is OCCCN(Cc1ccc(Br)cc1)CC(F)(F)F. The molecule has 0 amide bonds. The average molecular weight is 326 g/mol. The van der Waals surface area contributed by atoms with Gasteiger partial charge in [-0.2, -0.15) is 13.2 Å². The normalized spacial score (nSPS) is 12.1. The number of aliphatic hydroxyl groups excluding tert-OH is 1. The first-order valence-electron chi connectivity index (χ1n) is 5.55. The minimum atomic E-state index is -4.22. The van der Waals surface area contributed by atoms with Gasteiger partial charge in [0.05, 0.1) is 6.54 Å². The number of hydrogen-bond donors (Lipinski definition) is 1. The van der Waals surface area contributed by atoms with Crippen LogP contribution in [0.15, 0.2) is 28.7 Å². The Bertz CT molecular complexity index is 353. The van der Waals surface area contributed by atoms with Gasteiger partial charge in [-0.15, -0.1) is 0 Å². The molecule has 0 atom stereocenters. The van der Waals surface area contributed by atoms with Gasteiger partial charge in [-0.3, -0.25) is 4.90 Å². The van der Waals surface area contributed by atoms with Gasteiger partial charge in [0.25, 0.3) is 0 Å². The maximum atomic E-state index is 12.4. The molecule has 18 heavy (non-hydrogen) atoms. The molecule has 1 aromatic rings. The van der Waals surface area contributed by atoms with Gasteiger partial charge in [0.1, 0.15) is 0 Å². The summed E-state index contributed by atoms with van der Waals surface area (Å²) < 4.78 is 38.1. The van der Waals surface area contributed by atoms with E-state index in [-0.39, 0.29) is 19.7 Å². The third kappa shape index (κ3) is 6.37. The first kappa shape index (κ1) is 15.5. The van der Waals surface area contributed by atoms with E-state index in [1.54, 1.807) is 24.3 Å². The lowest BCUT2D eigenvalue weighted by atomic mass is 10.2. The fourth-order valence-electron chi connectivity index (χ4n) is 1.61. The summed E-state index contributed by atoms with van der Waals surface area (Å²) >= 11 is 3.28. The van der Waals surface area contributed by atoms with Crippen molar-refractivity contribution in [3.63, 3.8) is 0 Å². The molecule has 6 heteroatoms. The Kier molecular flexibility index (Phi) is 6.11. The molecule has 0 spiro atoms. The molecule has 0 aliphatic carbocycles. The minimum Gasteiger partial charge on any atom is -0.396 e. The van der Waals surface area contributed by atoms with E-state index in [4.69, 9.17) is 5.11 Å². The van der Waals surface area contributed by atoms with Crippen molar-refractivity contribution in [2.75, 3.05) is 19.7 Å². The Morgan fingerprint density at radius 3 is 2.28 bits per heavy atom. The Hall–Kier alpha value is -0.590. The summed E-state index contributed by atoms with van der Waals surface area (Å²) in [5.41, 5.74) is 0.820. The molecule has 0 radical (unpaired) electrons. The van der Waals surface area contributed by atoms with Gasteiger partial charge in [-0.1, -0.05) is 28.1 Å². The molecule has 0 unspecified atom stereocenters. The van der Waals surface area contributed by atoms with Crippen molar-refractivity contribution in [3.05, 3.63) is 34.3 Å². The predicted molar refractivity (Wildman–Crippen MR) is 67.2 cm³/mol. The Morgan fingerprint density at radius 1 is 1.17 bits per heavy atom. The van der Waals surface area contributed by atoms with Crippen LogP contribution in [0.1, 0.15) is 12.0 Å². The zero-order valence-electron chi connectivity index (χ0n) is 9.75. The predicted octanol–water partition coefficient (Wildman–Crippen LogP) is 3.20. The Labute approximate surface area is 113 Å². The number of benzene rings is 1. The highest BCUT2D eigenvalue weighted by Crippen LogP contribution is 2.19. The van der Waals surface area contributed by atoms with Crippen LogP contribution in [0, 0.1) is 0 Å². The summed E-state index contributed by atoms with van der Waals surface area (Å²) in [6, 6.07) is 7.17. The first-order valence-corrected chi connectivity index (χ1v) is 6.34. The van der Waals surface area contributed by atoms with Crippen LogP contribution in [0.5, 0.6) is 0 Å². The summed E-state index contributed by atoms with van der Waals surface area (Å²) in [7, 11) is 0. The monoisotopic (exact) mass is 325 g/mol. The van der Waals surface area contributed by atoms with Crippen molar-refractivity contribution in [2.45, 2.75) is 19.1 Å². The lowest BCUT2D eigenvalue weighted by Gasteiger charge is -2.23. The zero-order valence-corrected chi connectivity index (χ0v) is 11.3. The van der Waals surface area contributed by atoms with E-state index >= 15 is 0 Å². The molecular formula is C12H15BrF3NO. The number of rotatable bonds is 6. The topological polar surface area (TPSA) is 23.5 Å². The van der Waals surface area contributed by atoms with Crippen LogP contribution in [0.2, 0.25) is 0 Å². The molecule has 0 heterocycles. The smallest absolute Gasteiger partial charge is 0.396 e. The van der Waals surface area contributed by atoms with Gasteiger partial charge < -0.3 is 5.11 Å². The van der Waals surface area contributed by atoms with Crippen molar-refractivity contribution < 1.29 is 18.3 Å². The van der Waals surface area contributed by atoms with E-state index in [0.29, 0.717) is 6.42 Å². The molecule has 0 saturated carbocycles. The average Bonchev–Trinajstić information content (AvgIpc) is 2.27. The molecule has 0 aromatic heterocycles. The zero-order chi connectivity index (χ0) is 13.6. The van der Waals surface area contributed by atoms with Crippen molar-refractivity contribution in [3.8, 4) is 0 Å². The summed E-state index contributed by atoms with van der Waals surface area (Å²) in [4.78, 5) is 1.29. The molecule has 0 fully saturated rings. The molecule has 0 aliphatic rings. The van der Waals surface area contributed by atoms with Gasteiger partial charge in [0.2, 0.25) is 0 Å². The molecule has 1 rings (SSSR count). The van der Waals surface area contributed by atoms with Gasteiger partial charge in [-0.05, 0) is 24.1 Å². The molecular weight excluding hydrogens is 311 g/mol. The van der Waals surface area contributed by atoms with Gasteiger partial charge >= 0.3 is 6.18 Å².